The third-order valence-electron chi connectivity index (χ3n) is 5.54. The summed E-state index contributed by atoms with van der Waals surface area (Å²) in [5, 5.41) is 43.1. The highest BCUT2D eigenvalue weighted by Gasteiger charge is 2.19. The van der Waals surface area contributed by atoms with E-state index in [0.29, 0.717) is 12.0 Å². The van der Waals surface area contributed by atoms with Crippen LogP contribution in [0.25, 0.3) is 0 Å². The van der Waals surface area contributed by atoms with Gasteiger partial charge in [0.05, 0.1) is 18.0 Å². The van der Waals surface area contributed by atoms with E-state index < -0.39 is 16.1 Å². The molecule has 182 valence electrons. The van der Waals surface area contributed by atoms with Gasteiger partial charge in [-0.15, -0.1) is 0 Å². The Morgan fingerprint density at radius 1 is 0.824 bits per heavy atom. The summed E-state index contributed by atoms with van der Waals surface area (Å²) < 4.78 is 25.2. The Morgan fingerprint density at radius 3 is 1.82 bits per heavy atom. The minimum atomic E-state index is -3.58. The molecule has 3 aromatic carbocycles. The van der Waals surface area contributed by atoms with E-state index in [-0.39, 0.29) is 41.4 Å². The highest BCUT2D eigenvalue weighted by Crippen LogP contribution is 2.32. The van der Waals surface area contributed by atoms with Crippen molar-refractivity contribution in [1.82, 2.24) is 5.32 Å². The first-order valence-corrected chi connectivity index (χ1v) is 12.7. The molecular formula is C25H30N2O6S. The number of phenolic OH excluding ortho intramolecular Hbond substituents is 3. The minimum absolute atomic E-state index is 0.00632. The van der Waals surface area contributed by atoms with Crippen molar-refractivity contribution >= 4 is 15.7 Å². The van der Waals surface area contributed by atoms with Crippen molar-refractivity contribution in [3.63, 3.8) is 0 Å². The van der Waals surface area contributed by atoms with Crippen LogP contribution in [0.1, 0.15) is 42.1 Å². The van der Waals surface area contributed by atoms with Crippen molar-refractivity contribution in [1.29, 1.82) is 0 Å². The lowest BCUT2D eigenvalue weighted by Gasteiger charge is -2.24. The highest BCUT2D eigenvalue weighted by molar-refractivity contribution is 7.92. The Morgan fingerprint density at radius 2 is 1.32 bits per heavy atom. The van der Waals surface area contributed by atoms with Gasteiger partial charge >= 0.3 is 0 Å². The number of benzene rings is 3. The number of aliphatic hydroxyl groups is 1. The van der Waals surface area contributed by atoms with Gasteiger partial charge in [-0.05, 0) is 66.4 Å². The van der Waals surface area contributed by atoms with Crippen molar-refractivity contribution in [3.8, 4) is 17.2 Å². The Labute approximate surface area is 199 Å². The van der Waals surface area contributed by atoms with Gasteiger partial charge in [-0.2, -0.15) is 0 Å². The summed E-state index contributed by atoms with van der Waals surface area (Å²) in [5.74, 6) is 0.121. The number of sulfonamides is 1. The summed E-state index contributed by atoms with van der Waals surface area (Å²) in [6.07, 6.45) is 0.736. The van der Waals surface area contributed by atoms with E-state index in [4.69, 9.17) is 0 Å². The Bertz CT molecular complexity index is 1150. The molecule has 0 saturated carbocycles. The van der Waals surface area contributed by atoms with E-state index in [1.165, 1.54) is 18.2 Å². The molecule has 9 heteroatoms. The lowest BCUT2D eigenvalue weighted by Crippen LogP contribution is -2.32. The van der Waals surface area contributed by atoms with E-state index >= 15 is 0 Å². The fourth-order valence-electron chi connectivity index (χ4n) is 3.79. The van der Waals surface area contributed by atoms with Gasteiger partial charge < -0.3 is 25.7 Å². The van der Waals surface area contributed by atoms with E-state index in [2.05, 4.69) is 10.0 Å². The monoisotopic (exact) mass is 486 g/mol. The van der Waals surface area contributed by atoms with Crippen LogP contribution in [0.3, 0.4) is 0 Å². The molecule has 6 N–H and O–H groups in total. The van der Waals surface area contributed by atoms with Gasteiger partial charge in [0.25, 0.3) is 0 Å². The van der Waals surface area contributed by atoms with Crippen molar-refractivity contribution in [3.05, 3.63) is 83.4 Å². The second-order valence-corrected chi connectivity index (χ2v) is 10.2. The third-order valence-corrected chi connectivity index (χ3v) is 6.13. The van der Waals surface area contributed by atoms with Crippen LogP contribution in [0.5, 0.6) is 17.2 Å². The van der Waals surface area contributed by atoms with Crippen LogP contribution in [0.4, 0.5) is 5.69 Å². The summed E-state index contributed by atoms with van der Waals surface area (Å²) >= 11 is 0. The van der Waals surface area contributed by atoms with Crippen LogP contribution in [0.15, 0.2) is 66.7 Å². The van der Waals surface area contributed by atoms with Crippen molar-refractivity contribution < 1.29 is 28.8 Å². The molecule has 3 aromatic rings. The first kappa shape index (κ1) is 25.4. The Balaban J connectivity index is 1.70. The van der Waals surface area contributed by atoms with Crippen molar-refractivity contribution in [2.75, 3.05) is 17.5 Å². The quantitative estimate of drug-likeness (QED) is 0.241. The largest absolute Gasteiger partial charge is 0.508 e. The van der Waals surface area contributed by atoms with Crippen LogP contribution < -0.4 is 10.0 Å². The zero-order valence-corrected chi connectivity index (χ0v) is 19.8. The highest BCUT2D eigenvalue weighted by atomic mass is 32.2. The summed E-state index contributed by atoms with van der Waals surface area (Å²) in [7, 11) is -3.58. The number of aromatic hydroxyl groups is 3. The first-order chi connectivity index (χ1) is 16.0. The number of phenols is 3. The van der Waals surface area contributed by atoms with E-state index in [0.717, 1.165) is 17.4 Å². The molecule has 0 bridgehead atoms. The molecular weight excluding hydrogens is 456 g/mol. The van der Waals surface area contributed by atoms with Crippen LogP contribution in [-0.4, -0.2) is 47.7 Å². The van der Waals surface area contributed by atoms with Crippen LogP contribution in [-0.2, 0) is 10.0 Å². The number of nitrogens with one attached hydrogen (secondary N) is 2. The molecule has 0 spiro atoms. The lowest BCUT2D eigenvalue weighted by atomic mass is 9.86. The zero-order chi connectivity index (χ0) is 24.9. The van der Waals surface area contributed by atoms with Crippen LogP contribution in [0, 0.1) is 0 Å². The molecule has 0 heterocycles. The van der Waals surface area contributed by atoms with Gasteiger partial charge in [-0.3, -0.25) is 4.72 Å². The van der Waals surface area contributed by atoms with Crippen molar-refractivity contribution in [2.45, 2.75) is 31.4 Å². The van der Waals surface area contributed by atoms with E-state index in [9.17, 15) is 28.8 Å². The molecule has 8 nitrogen and oxygen atoms in total. The van der Waals surface area contributed by atoms with E-state index in [1.807, 2.05) is 31.2 Å². The molecule has 0 amide bonds. The zero-order valence-electron chi connectivity index (χ0n) is 19.0. The van der Waals surface area contributed by atoms with Gasteiger partial charge in [-0.25, -0.2) is 8.42 Å². The van der Waals surface area contributed by atoms with Gasteiger partial charge in [0.1, 0.15) is 17.2 Å². The molecule has 0 saturated heterocycles. The van der Waals surface area contributed by atoms with Gasteiger partial charge in [0.2, 0.25) is 10.0 Å². The molecule has 0 aliphatic heterocycles. The summed E-state index contributed by atoms with van der Waals surface area (Å²) in [5.41, 5.74) is 2.48. The lowest BCUT2D eigenvalue weighted by molar-refractivity contribution is 0.169. The van der Waals surface area contributed by atoms with Gasteiger partial charge in [0, 0.05) is 18.5 Å². The van der Waals surface area contributed by atoms with E-state index in [1.54, 1.807) is 24.3 Å². The smallest absolute Gasteiger partial charge is 0.229 e. The maximum Gasteiger partial charge on any atom is 0.229 e. The predicted octanol–water partition coefficient (Wildman–Crippen LogP) is 3.41. The normalized spacial score (nSPS) is 13.5. The molecule has 0 fully saturated rings. The Kier molecular flexibility index (Phi) is 8.03. The molecule has 0 aliphatic carbocycles. The van der Waals surface area contributed by atoms with Gasteiger partial charge in [-0.1, -0.05) is 30.3 Å². The Hall–Kier alpha value is -3.27. The molecule has 3 rings (SSSR count). The number of anilines is 1. The fraction of sp³-hybridized carbons (Fsp3) is 0.280. The topological polar surface area (TPSA) is 139 Å². The molecule has 0 aromatic heterocycles. The summed E-state index contributed by atoms with van der Waals surface area (Å²) in [4.78, 5) is 0. The molecule has 0 radical (unpaired) electrons. The predicted molar refractivity (Wildman–Crippen MR) is 132 cm³/mol. The third kappa shape index (κ3) is 7.11. The summed E-state index contributed by atoms with van der Waals surface area (Å²) in [6.45, 7) is 2.20. The van der Waals surface area contributed by atoms with Crippen LogP contribution >= 0.6 is 0 Å². The maximum atomic E-state index is 11.5. The number of hydrogen-bond donors (Lipinski definition) is 6. The number of hydrogen-bond acceptors (Lipinski definition) is 7. The van der Waals surface area contributed by atoms with Crippen molar-refractivity contribution in [2.24, 2.45) is 0 Å². The molecule has 2 unspecified atom stereocenters. The average Bonchev–Trinajstić information content (AvgIpc) is 2.78. The number of aliphatic hydroxyl groups excluding tert-OH is 1. The maximum absolute atomic E-state index is 11.5. The SMILES string of the molecule is CC(CC(c1ccc(O)cc1)c1ccc(O)cc1)NCC(O)c1ccc(O)c(NS(C)(=O)=O)c1. The average molecular weight is 487 g/mol. The summed E-state index contributed by atoms with van der Waals surface area (Å²) in [6, 6.07) is 18.3. The molecule has 34 heavy (non-hydrogen) atoms. The van der Waals surface area contributed by atoms with Gasteiger partial charge in [0.15, 0.2) is 0 Å². The second-order valence-electron chi connectivity index (χ2n) is 8.45. The standard InChI is InChI=1S/C25H30N2O6S/c1-16(26-15-25(31)19-7-12-24(30)23(14-19)27-34(2,32)33)13-22(17-3-8-20(28)9-4-17)18-5-10-21(29)11-6-18/h3-12,14,16,22,25-31H,13,15H2,1-2H3. The molecule has 0 aliphatic rings. The van der Waals surface area contributed by atoms with Crippen LogP contribution in [0.2, 0.25) is 0 Å². The number of rotatable bonds is 10. The fourth-order valence-corrected chi connectivity index (χ4v) is 4.35. The minimum Gasteiger partial charge on any atom is -0.508 e. The first-order valence-electron chi connectivity index (χ1n) is 10.8. The second kappa shape index (κ2) is 10.8. The molecule has 2 atom stereocenters.